The van der Waals surface area contributed by atoms with Crippen LogP contribution in [0.2, 0.25) is 10.0 Å². The molecule has 0 radical (unpaired) electrons. The Morgan fingerprint density at radius 3 is 2.48 bits per heavy atom. The van der Waals surface area contributed by atoms with Crippen molar-refractivity contribution >= 4 is 51.3 Å². The summed E-state index contributed by atoms with van der Waals surface area (Å²) >= 11 is 13.8. The first-order valence-corrected chi connectivity index (χ1v) is 10.8. The first kappa shape index (κ1) is 19.9. The van der Waals surface area contributed by atoms with Crippen molar-refractivity contribution in [2.75, 3.05) is 0 Å². The molecule has 1 amide bonds. The predicted octanol–water partition coefficient (Wildman–Crippen LogP) is 6.76. The number of nitrogens with one attached hydrogen (secondary N) is 1. The third-order valence-corrected chi connectivity index (χ3v) is 6.38. The van der Waals surface area contributed by atoms with Gasteiger partial charge < -0.3 is 5.32 Å². The van der Waals surface area contributed by atoms with E-state index in [-0.39, 0.29) is 5.91 Å². The minimum atomic E-state index is -0.164. The minimum absolute atomic E-state index is 0.164. The molecule has 4 aromatic rings. The average molecular weight is 441 g/mol. The van der Waals surface area contributed by atoms with Crippen LogP contribution in [0.15, 0.2) is 60.7 Å². The number of nitrogens with zero attached hydrogens (tertiary/aromatic N) is 1. The maximum absolute atomic E-state index is 13.1. The molecule has 0 bridgehead atoms. The second-order valence-corrected chi connectivity index (χ2v) is 8.69. The number of carbonyl (C=O) groups excluding carboxylic acids is 1. The van der Waals surface area contributed by atoms with Crippen LogP contribution in [0, 0.1) is 0 Å². The molecule has 146 valence electrons. The van der Waals surface area contributed by atoms with Crippen molar-refractivity contribution in [3.63, 3.8) is 0 Å². The first-order valence-electron chi connectivity index (χ1n) is 9.25. The molecular weight excluding hydrogens is 423 g/mol. The van der Waals surface area contributed by atoms with E-state index in [1.54, 1.807) is 23.5 Å². The largest absolute Gasteiger partial charge is 0.348 e. The number of hydrogen-bond acceptors (Lipinski definition) is 3. The summed E-state index contributed by atoms with van der Waals surface area (Å²) in [6.07, 6.45) is 0.974. The topological polar surface area (TPSA) is 42.0 Å². The number of pyridine rings is 1. The van der Waals surface area contributed by atoms with E-state index in [0.29, 0.717) is 22.2 Å². The molecule has 0 spiro atoms. The molecule has 3 nitrogen and oxygen atoms in total. The SMILES string of the molecule is CCc1ccc(-c2cc(C(=O)NCc3ccc(Cl)cc3)c3cc(Cl)ccc3n2)s1. The maximum Gasteiger partial charge on any atom is 0.252 e. The molecule has 0 fully saturated rings. The molecule has 2 aromatic carbocycles. The van der Waals surface area contributed by atoms with Gasteiger partial charge in [0, 0.05) is 26.9 Å². The van der Waals surface area contributed by atoms with Crippen molar-refractivity contribution in [2.45, 2.75) is 19.9 Å². The van der Waals surface area contributed by atoms with E-state index < -0.39 is 0 Å². The van der Waals surface area contributed by atoms with Crippen molar-refractivity contribution in [1.82, 2.24) is 10.3 Å². The fraction of sp³-hybridized carbons (Fsp3) is 0.130. The molecule has 0 aliphatic carbocycles. The van der Waals surface area contributed by atoms with E-state index in [9.17, 15) is 4.79 Å². The molecule has 6 heteroatoms. The average Bonchev–Trinajstić information content (AvgIpc) is 3.22. The lowest BCUT2D eigenvalue weighted by Crippen LogP contribution is -2.23. The van der Waals surface area contributed by atoms with Gasteiger partial charge in [-0.15, -0.1) is 11.3 Å². The van der Waals surface area contributed by atoms with Crippen LogP contribution in [0.25, 0.3) is 21.5 Å². The zero-order chi connectivity index (χ0) is 20.4. The number of fused-ring (bicyclic) bond motifs is 1. The quantitative estimate of drug-likeness (QED) is 0.372. The highest BCUT2D eigenvalue weighted by Gasteiger charge is 2.15. The molecule has 2 aromatic heterocycles. The summed E-state index contributed by atoms with van der Waals surface area (Å²) < 4.78 is 0. The van der Waals surface area contributed by atoms with Crippen LogP contribution in [0.4, 0.5) is 0 Å². The van der Waals surface area contributed by atoms with Gasteiger partial charge >= 0.3 is 0 Å². The van der Waals surface area contributed by atoms with Gasteiger partial charge in [-0.25, -0.2) is 4.98 Å². The molecule has 4 rings (SSSR count). The summed E-state index contributed by atoms with van der Waals surface area (Å²) in [5.41, 5.74) is 3.08. The third-order valence-electron chi connectivity index (χ3n) is 4.64. The van der Waals surface area contributed by atoms with Crippen molar-refractivity contribution in [1.29, 1.82) is 0 Å². The van der Waals surface area contributed by atoms with Crippen molar-refractivity contribution in [3.05, 3.63) is 86.7 Å². The van der Waals surface area contributed by atoms with Crippen LogP contribution in [0.5, 0.6) is 0 Å². The lowest BCUT2D eigenvalue weighted by molar-refractivity contribution is 0.0952. The second kappa shape index (κ2) is 8.54. The zero-order valence-electron chi connectivity index (χ0n) is 15.7. The normalized spacial score (nSPS) is 11.0. The van der Waals surface area contributed by atoms with Crippen LogP contribution < -0.4 is 5.32 Å². The standard InChI is InChI=1S/C23H18Cl2N2OS/c1-2-17-8-10-22(29-17)21-12-19(18-11-16(25)7-9-20(18)27-21)23(28)26-13-14-3-5-15(24)6-4-14/h3-12H,2,13H2,1H3,(H,26,28). The zero-order valence-corrected chi connectivity index (χ0v) is 18.0. The highest BCUT2D eigenvalue weighted by molar-refractivity contribution is 7.15. The number of aromatic nitrogens is 1. The Morgan fingerprint density at radius 1 is 1.00 bits per heavy atom. The summed E-state index contributed by atoms with van der Waals surface area (Å²) in [7, 11) is 0. The molecule has 2 heterocycles. The monoisotopic (exact) mass is 440 g/mol. The van der Waals surface area contributed by atoms with Gasteiger partial charge in [-0.05, 0) is 60.5 Å². The Kier molecular flexibility index (Phi) is 5.86. The van der Waals surface area contributed by atoms with E-state index in [2.05, 4.69) is 24.4 Å². The highest BCUT2D eigenvalue weighted by Crippen LogP contribution is 2.31. The van der Waals surface area contributed by atoms with Crippen LogP contribution >= 0.6 is 34.5 Å². The Balaban J connectivity index is 1.71. The third kappa shape index (κ3) is 4.45. The van der Waals surface area contributed by atoms with Crippen LogP contribution in [-0.4, -0.2) is 10.9 Å². The molecule has 0 saturated heterocycles. The summed E-state index contributed by atoms with van der Waals surface area (Å²) in [4.78, 5) is 20.1. The number of hydrogen-bond donors (Lipinski definition) is 1. The van der Waals surface area contributed by atoms with Gasteiger partial charge in [0.05, 0.1) is 21.7 Å². The molecule has 0 aliphatic heterocycles. The Labute approximate surface area is 183 Å². The molecule has 1 N–H and O–H groups in total. The number of thiophene rings is 1. The van der Waals surface area contributed by atoms with Gasteiger partial charge in [-0.3, -0.25) is 4.79 Å². The van der Waals surface area contributed by atoms with Gasteiger partial charge in [0.15, 0.2) is 0 Å². The lowest BCUT2D eigenvalue weighted by Gasteiger charge is -2.11. The number of amides is 1. The second-order valence-electron chi connectivity index (χ2n) is 6.65. The molecule has 0 atom stereocenters. The van der Waals surface area contributed by atoms with Gasteiger partial charge in [-0.1, -0.05) is 42.3 Å². The Hall–Kier alpha value is -2.40. The molecule has 0 unspecified atom stereocenters. The van der Waals surface area contributed by atoms with Crippen molar-refractivity contribution in [3.8, 4) is 10.6 Å². The van der Waals surface area contributed by atoms with Crippen LogP contribution in [-0.2, 0) is 13.0 Å². The number of aryl methyl sites for hydroxylation is 1. The smallest absolute Gasteiger partial charge is 0.252 e. The first-order chi connectivity index (χ1) is 14.0. The van der Waals surface area contributed by atoms with Gasteiger partial charge in [0.25, 0.3) is 5.91 Å². The van der Waals surface area contributed by atoms with Gasteiger partial charge in [0.1, 0.15) is 0 Å². The van der Waals surface area contributed by atoms with Crippen molar-refractivity contribution in [2.24, 2.45) is 0 Å². The van der Waals surface area contributed by atoms with E-state index >= 15 is 0 Å². The highest BCUT2D eigenvalue weighted by atomic mass is 35.5. The van der Waals surface area contributed by atoms with Crippen molar-refractivity contribution < 1.29 is 4.79 Å². The molecule has 29 heavy (non-hydrogen) atoms. The number of halogens is 2. The number of benzene rings is 2. The number of carbonyl (C=O) groups is 1. The van der Waals surface area contributed by atoms with E-state index in [1.165, 1.54) is 4.88 Å². The van der Waals surface area contributed by atoms with Gasteiger partial charge in [0.2, 0.25) is 0 Å². The Bertz CT molecular complexity index is 1190. The fourth-order valence-electron chi connectivity index (χ4n) is 3.10. The molecule has 0 saturated carbocycles. The lowest BCUT2D eigenvalue weighted by atomic mass is 10.1. The van der Waals surface area contributed by atoms with Crippen LogP contribution in [0.3, 0.4) is 0 Å². The van der Waals surface area contributed by atoms with Gasteiger partial charge in [-0.2, -0.15) is 0 Å². The number of rotatable bonds is 5. The Morgan fingerprint density at radius 2 is 1.76 bits per heavy atom. The summed E-state index contributed by atoms with van der Waals surface area (Å²) in [6, 6.07) is 18.9. The summed E-state index contributed by atoms with van der Waals surface area (Å²) in [5.74, 6) is -0.164. The minimum Gasteiger partial charge on any atom is -0.348 e. The summed E-state index contributed by atoms with van der Waals surface area (Å²) in [5, 5.41) is 4.97. The van der Waals surface area contributed by atoms with E-state index in [1.807, 2.05) is 36.4 Å². The summed E-state index contributed by atoms with van der Waals surface area (Å²) in [6.45, 7) is 2.54. The fourth-order valence-corrected chi connectivity index (χ4v) is 4.30. The molecular formula is C23H18Cl2N2OS. The van der Waals surface area contributed by atoms with E-state index in [0.717, 1.165) is 33.5 Å². The maximum atomic E-state index is 13.1. The van der Waals surface area contributed by atoms with Crippen LogP contribution in [0.1, 0.15) is 27.7 Å². The predicted molar refractivity (Wildman–Crippen MR) is 122 cm³/mol. The van der Waals surface area contributed by atoms with E-state index in [4.69, 9.17) is 28.2 Å². The molecule has 0 aliphatic rings.